The fourth-order valence-electron chi connectivity index (χ4n) is 0.777. The largest absolute Gasteiger partial charge is 0.395 e. The molecule has 0 saturated heterocycles. The van der Waals surface area contributed by atoms with Crippen molar-refractivity contribution >= 4 is 29.2 Å². The standard InChI is InChI=1S/C7H11N3S2/c1-4-5(8)6(11-2)10-7(9-4)12-3/h8H2,1-3H3. The maximum absolute atomic E-state index is 5.76. The van der Waals surface area contributed by atoms with Crippen molar-refractivity contribution in [1.82, 2.24) is 9.97 Å². The molecule has 1 rings (SSSR count). The molecule has 12 heavy (non-hydrogen) atoms. The molecule has 0 saturated carbocycles. The summed E-state index contributed by atoms with van der Waals surface area (Å²) in [5.41, 5.74) is 7.32. The van der Waals surface area contributed by atoms with Gasteiger partial charge < -0.3 is 5.73 Å². The molecule has 1 aromatic heterocycles. The van der Waals surface area contributed by atoms with Crippen LogP contribution >= 0.6 is 23.5 Å². The molecule has 0 aliphatic rings. The van der Waals surface area contributed by atoms with Crippen LogP contribution < -0.4 is 5.73 Å². The van der Waals surface area contributed by atoms with Crippen molar-refractivity contribution in [1.29, 1.82) is 0 Å². The Bertz CT molecular complexity index is 288. The molecule has 0 spiro atoms. The van der Waals surface area contributed by atoms with Crippen molar-refractivity contribution in [2.75, 3.05) is 18.2 Å². The molecule has 0 amide bonds. The van der Waals surface area contributed by atoms with E-state index in [1.807, 2.05) is 19.4 Å². The Hall–Kier alpha value is -0.420. The van der Waals surface area contributed by atoms with Gasteiger partial charge in [0.15, 0.2) is 5.16 Å². The Labute approximate surface area is 80.6 Å². The minimum atomic E-state index is 0.695. The highest BCUT2D eigenvalue weighted by Gasteiger charge is 2.06. The van der Waals surface area contributed by atoms with Crippen LogP contribution in [0, 0.1) is 6.92 Å². The fraction of sp³-hybridized carbons (Fsp3) is 0.429. The number of aromatic nitrogens is 2. The smallest absolute Gasteiger partial charge is 0.188 e. The number of aryl methyl sites for hydroxylation is 1. The van der Waals surface area contributed by atoms with Crippen LogP contribution in [0.2, 0.25) is 0 Å². The van der Waals surface area contributed by atoms with Crippen LogP contribution in [0.15, 0.2) is 10.2 Å². The Kier molecular flexibility index (Phi) is 3.22. The normalized spacial score (nSPS) is 10.2. The molecule has 1 heterocycles. The van der Waals surface area contributed by atoms with Gasteiger partial charge in [-0.15, -0.1) is 11.8 Å². The molecule has 3 nitrogen and oxygen atoms in total. The van der Waals surface area contributed by atoms with Crippen molar-refractivity contribution in [2.24, 2.45) is 0 Å². The number of nitrogens with zero attached hydrogens (tertiary/aromatic N) is 2. The van der Waals surface area contributed by atoms with E-state index >= 15 is 0 Å². The van der Waals surface area contributed by atoms with Crippen molar-refractivity contribution in [3.8, 4) is 0 Å². The minimum absolute atomic E-state index is 0.695. The van der Waals surface area contributed by atoms with Gasteiger partial charge in [-0.2, -0.15) is 0 Å². The highest BCUT2D eigenvalue weighted by Crippen LogP contribution is 2.24. The summed E-state index contributed by atoms with van der Waals surface area (Å²) in [5, 5.41) is 1.65. The van der Waals surface area contributed by atoms with E-state index in [4.69, 9.17) is 5.73 Å². The third kappa shape index (κ3) is 1.84. The van der Waals surface area contributed by atoms with Crippen molar-refractivity contribution < 1.29 is 0 Å². The van der Waals surface area contributed by atoms with Crippen LogP contribution in [-0.2, 0) is 0 Å². The number of nitrogen functional groups attached to an aromatic ring is 1. The first kappa shape index (κ1) is 9.67. The zero-order valence-corrected chi connectivity index (χ0v) is 8.92. The van der Waals surface area contributed by atoms with Gasteiger partial charge in [0.2, 0.25) is 0 Å². The molecule has 1 aromatic rings. The number of hydrogen-bond donors (Lipinski definition) is 1. The second kappa shape index (κ2) is 4.00. The van der Waals surface area contributed by atoms with Crippen LogP contribution in [0.3, 0.4) is 0 Å². The SMILES string of the molecule is CSc1nc(C)c(N)c(SC)n1. The summed E-state index contributed by atoms with van der Waals surface area (Å²) in [6, 6.07) is 0. The topological polar surface area (TPSA) is 51.8 Å². The zero-order chi connectivity index (χ0) is 9.14. The predicted molar refractivity (Wildman–Crippen MR) is 54.7 cm³/mol. The summed E-state index contributed by atoms with van der Waals surface area (Å²) in [7, 11) is 0. The monoisotopic (exact) mass is 201 g/mol. The van der Waals surface area contributed by atoms with E-state index < -0.39 is 0 Å². The van der Waals surface area contributed by atoms with Gasteiger partial charge in [0, 0.05) is 0 Å². The molecule has 66 valence electrons. The van der Waals surface area contributed by atoms with Gasteiger partial charge in [0.1, 0.15) is 5.03 Å². The molecule has 0 atom stereocenters. The molecular formula is C7H11N3S2. The number of rotatable bonds is 2. The minimum Gasteiger partial charge on any atom is -0.395 e. The van der Waals surface area contributed by atoms with E-state index in [0.717, 1.165) is 15.9 Å². The quantitative estimate of drug-likeness (QED) is 0.449. The maximum atomic E-state index is 5.76. The second-order valence-corrected chi connectivity index (χ2v) is 3.79. The molecule has 0 unspecified atom stereocenters. The maximum Gasteiger partial charge on any atom is 0.188 e. The van der Waals surface area contributed by atoms with Gasteiger partial charge in [-0.25, -0.2) is 9.97 Å². The first-order valence-electron chi connectivity index (χ1n) is 3.41. The molecule has 0 aromatic carbocycles. The summed E-state index contributed by atoms with van der Waals surface area (Å²) in [6.07, 6.45) is 3.91. The predicted octanol–water partition coefficient (Wildman–Crippen LogP) is 1.81. The lowest BCUT2D eigenvalue weighted by Gasteiger charge is -2.05. The number of hydrogen-bond acceptors (Lipinski definition) is 5. The van der Waals surface area contributed by atoms with Crippen molar-refractivity contribution in [3.63, 3.8) is 0 Å². The molecule has 0 aliphatic carbocycles. The lowest BCUT2D eigenvalue weighted by Crippen LogP contribution is -2.00. The molecule has 0 bridgehead atoms. The van der Waals surface area contributed by atoms with Crippen LogP contribution in [0.5, 0.6) is 0 Å². The van der Waals surface area contributed by atoms with Gasteiger partial charge in [0.25, 0.3) is 0 Å². The van der Waals surface area contributed by atoms with E-state index in [9.17, 15) is 0 Å². The van der Waals surface area contributed by atoms with Gasteiger partial charge in [0.05, 0.1) is 11.4 Å². The lowest BCUT2D eigenvalue weighted by atomic mass is 10.4. The fourth-order valence-corrected chi connectivity index (χ4v) is 1.79. The number of thioether (sulfide) groups is 2. The Morgan fingerprint density at radius 2 is 1.83 bits per heavy atom. The van der Waals surface area contributed by atoms with Crippen LogP contribution in [0.1, 0.15) is 5.69 Å². The van der Waals surface area contributed by atoms with E-state index in [1.54, 1.807) is 11.8 Å². The second-order valence-electron chi connectivity index (χ2n) is 2.22. The molecule has 0 radical (unpaired) electrons. The van der Waals surface area contributed by atoms with Crippen LogP contribution in [-0.4, -0.2) is 22.5 Å². The Morgan fingerprint density at radius 1 is 1.17 bits per heavy atom. The first-order valence-corrected chi connectivity index (χ1v) is 5.86. The van der Waals surface area contributed by atoms with E-state index in [-0.39, 0.29) is 0 Å². The van der Waals surface area contributed by atoms with Crippen molar-refractivity contribution in [3.05, 3.63) is 5.69 Å². The lowest BCUT2D eigenvalue weighted by molar-refractivity contribution is 0.875. The average Bonchev–Trinajstić information content (AvgIpc) is 2.09. The number of nitrogens with two attached hydrogens (primary N) is 1. The Morgan fingerprint density at radius 3 is 2.33 bits per heavy atom. The average molecular weight is 201 g/mol. The molecule has 0 fully saturated rings. The Balaban J connectivity index is 3.19. The van der Waals surface area contributed by atoms with E-state index in [0.29, 0.717) is 5.69 Å². The van der Waals surface area contributed by atoms with Crippen molar-refractivity contribution in [2.45, 2.75) is 17.1 Å². The molecule has 2 N–H and O–H groups in total. The number of anilines is 1. The third-order valence-corrected chi connectivity index (χ3v) is 2.70. The van der Waals surface area contributed by atoms with Gasteiger partial charge in [-0.3, -0.25) is 0 Å². The third-order valence-electron chi connectivity index (χ3n) is 1.46. The first-order chi connectivity index (χ1) is 5.69. The van der Waals surface area contributed by atoms with Gasteiger partial charge in [-0.05, 0) is 19.4 Å². The molecule has 5 heteroatoms. The highest BCUT2D eigenvalue weighted by molar-refractivity contribution is 7.99. The van der Waals surface area contributed by atoms with Crippen LogP contribution in [0.4, 0.5) is 5.69 Å². The summed E-state index contributed by atoms with van der Waals surface area (Å²) in [6.45, 7) is 1.90. The van der Waals surface area contributed by atoms with Gasteiger partial charge in [-0.1, -0.05) is 11.8 Å². The van der Waals surface area contributed by atoms with E-state index in [1.165, 1.54) is 11.8 Å². The summed E-state index contributed by atoms with van der Waals surface area (Å²) in [5.74, 6) is 0. The summed E-state index contributed by atoms with van der Waals surface area (Å²) in [4.78, 5) is 8.47. The van der Waals surface area contributed by atoms with E-state index in [2.05, 4.69) is 9.97 Å². The zero-order valence-electron chi connectivity index (χ0n) is 7.29. The summed E-state index contributed by atoms with van der Waals surface area (Å²) < 4.78 is 0. The van der Waals surface area contributed by atoms with Gasteiger partial charge >= 0.3 is 0 Å². The summed E-state index contributed by atoms with van der Waals surface area (Å²) >= 11 is 3.08. The molecular weight excluding hydrogens is 190 g/mol. The highest BCUT2D eigenvalue weighted by atomic mass is 32.2. The molecule has 0 aliphatic heterocycles. The van der Waals surface area contributed by atoms with Crippen LogP contribution in [0.25, 0.3) is 0 Å².